The molecule has 1 N–H and O–H groups in total. The average Bonchev–Trinajstić information content (AvgIpc) is 2.79. The number of amides is 1. The van der Waals surface area contributed by atoms with Gasteiger partial charge in [-0.3, -0.25) is 14.5 Å². The minimum Gasteiger partial charge on any atom is -0.313 e. The Morgan fingerprint density at radius 1 is 1.09 bits per heavy atom. The molecule has 0 fully saturated rings. The van der Waals surface area contributed by atoms with E-state index in [1.165, 1.54) is 39.1 Å². The van der Waals surface area contributed by atoms with Crippen molar-refractivity contribution in [2.24, 2.45) is 0 Å². The maximum Gasteiger partial charge on any atom is 0.303 e. The molecule has 1 atom stereocenters. The number of carbonyl (C=O) groups is 2. The third kappa shape index (κ3) is 2.33. The molecule has 0 aliphatic carbocycles. The van der Waals surface area contributed by atoms with E-state index in [2.05, 4.69) is 12.1 Å². The molecule has 5 heteroatoms. The number of rotatable bonds is 2. The highest BCUT2D eigenvalue weighted by Gasteiger charge is 2.38. The lowest BCUT2D eigenvalue weighted by atomic mass is 10.0. The Labute approximate surface area is 133 Å². The van der Waals surface area contributed by atoms with Crippen LogP contribution in [0.2, 0.25) is 0 Å². The molecule has 4 nitrogen and oxygen atoms in total. The van der Waals surface area contributed by atoms with Crippen molar-refractivity contribution in [2.75, 3.05) is 18.1 Å². The lowest BCUT2D eigenvalue weighted by molar-refractivity contribution is -0.914. The van der Waals surface area contributed by atoms with Gasteiger partial charge in [-0.15, -0.1) is 0 Å². The summed E-state index contributed by atoms with van der Waals surface area (Å²) in [5.74, 6) is -1.54. The number of ketones is 1. The summed E-state index contributed by atoms with van der Waals surface area (Å²) >= 11 is 0. The molecule has 1 amide bonds. The SMILES string of the molecule is O=C1C(=O)N(C[NH+]2CCc3ccccc3C2)c2cc(F)ccc21. The van der Waals surface area contributed by atoms with E-state index >= 15 is 0 Å². The molecule has 2 aromatic rings. The van der Waals surface area contributed by atoms with E-state index in [0.717, 1.165) is 19.5 Å². The van der Waals surface area contributed by atoms with Crippen LogP contribution in [0.25, 0.3) is 0 Å². The second kappa shape index (κ2) is 5.28. The molecule has 2 aliphatic rings. The van der Waals surface area contributed by atoms with Gasteiger partial charge in [-0.25, -0.2) is 4.39 Å². The van der Waals surface area contributed by atoms with Crippen molar-refractivity contribution in [3.8, 4) is 0 Å². The van der Waals surface area contributed by atoms with Crippen molar-refractivity contribution in [1.29, 1.82) is 0 Å². The van der Waals surface area contributed by atoms with E-state index < -0.39 is 17.5 Å². The highest BCUT2D eigenvalue weighted by Crippen LogP contribution is 2.28. The van der Waals surface area contributed by atoms with E-state index in [1.54, 1.807) is 0 Å². The third-order valence-electron chi connectivity index (χ3n) is 4.62. The molecule has 4 rings (SSSR count). The van der Waals surface area contributed by atoms with Crippen LogP contribution in [0.1, 0.15) is 21.5 Å². The van der Waals surface area contributed by atoms with Crippen LogP contribution in [-0.2, 0) is 17.8 Å². The number of anilines is 1. The zero-order valence-corrected chi connectivity index (χ0v) is 12.5. The van der Waals surface area contributed by atoms with Crippen molar-refractivity contribution in [1.82, 2.24) is 0 Å². The molecule has 1 unspecified atom stereocenters. The number of benzene rings is 2. The summed E-state index contributed by atoms with van der Waals surface area (Å²) < 4.78 is 13.5. The Bertz CT molecular complexity index is 818. The number of fused-ring (bicyclic) bond motifs is 2. The van der Waals surface area contributed by atoms with E-state index in [1.807, 2.05) is 12.1 Å². The Morgan fingerprint density at radius 3 is 2.70 bits per heavy atom. The van der Waals surface area contributed by atoms with Gasteiger partial charge in [0.05, 0.1) is 17.8 Å². The molecule has 0 radical (unpaired) electrons. The Kier molecular flexibility index (Phi) is 3.23. The molecule has 0 aromatic heterocycles. The maximum absolute atomic E-state index is 13.5. The summed E-state index contributed by atoms with van der Waals surface area (Å²) in [7, 11) is 0. The van der Waals surface area contributed by atoms with Gasteiger partial charge >= 0.3 is 5.91 Å². The first-order valence-corrected chi connectivity index (χ1v) is 7.69. The molecular weight excluding hydrogens is 295 g/mol. The van der Waals surface area contributed by atoms with Gasteiger partial charge in [0.1, 0.15) is 12.4 Å². The molecule has 2 aromatic carbocycles. The van der Waals surface area contributed by atoms with Crippen LogP contribution < -0.4 is 9.80 Å². The van der Waals surface area contributed by atoms with Crippen molar-refractivity contribution in [2.45, 2.75) is 13.0 Å². The van der Waals surface area contributed by atoms with Crippen LogP contribution in [0.4, 0.5) is 10.1 Å². The highest BCUT2D eigenvalue weighted by atomic mass is 19.1. The summed E-state index contributed by atoms with van der Waals surface area (Å²) in [5.41, 5.74) is 3.30. The van der Waals surface area contributed by atoms with E-state index in [-0.39, 0.29) is 0 Å². The van der Waals surface area contributed by atoms with Crippen molar-refractivity contribution in [3.05, 3.63) is 65.0 Å². The predicted octanol–water partition coefficient (Wildman–Crippen LogP) is 0.954. The number of Topliss-reactive ketones (excluding diaryl/α,β-unsaturated/α-hetero) is 1. The number of nitrogens with one attached hydrogen (secondary N) is 1. The lowest BCUT2D eigenvalue weighted by Crippen LogP contribution is -3.13. The van der Waals surface area contributed by atoms with E-state index in [0.29, 0.717) is 17.9 Å². The van der Waals surface area contributed by atoms with Gasteiger partial charge in [0.15, 0.2) is 6.67 Å². The second-order valence-electron chi connectivity index (χ2n) is 6.08. The molecule has 2 aliphatic heterocycles. The topological polar surface area (TPSA) is 41.8 Å². The van der Waals surface area contributed by atoms with Crippen molar-refractivity contribution < 1.29 is 18.9 Å². The first-order chi connectivity index (χ1) is 11.1. The quantitative estimate of drug-likeness (QED) is 0.839. The number of nitrogens with zero attached hydrogens (tertiary/aromatic N) is 1. The van der Waals surface area contributed by atoms with Gasteiger partial charge < -0.3 is 4.90 Å². The standard InChI is InChI=1S/C18H15FN2O2/c19-14-5-6-15-16(9-14)21(18(23)17(15)22)11-20-8-7-12-3-1-2-4-13(12)10-20/h1-6,9H,7-8,10-11H2/p+1. The smallest absolute Gasteiger partial charge is 0.303 e. The lowest BCUT2D eigenvalue weighted by Gasteiger charge is -2.29. The summed E-state index contributed by atoms with van der Waals surface area (Å²) in [6.45, 7) is 2.08. The normalized spacial score (nSPS) is 19.7. The van der Waals surface area contributed by atoms with Crippen LogP contribution >= 0.6 is 0 Å². The third-order valence-corrected chi connectivity index (χ3v) is 4.62. The van der Waals surface area contributed by atoms with Crippen LogP contribution in [0.3, 0.4) is 0 Å². The van der Waals surface area contributed by atoms with Crippen LogP contribution in [-0.4, -0.2) is 24.9 Å². The van der Waals surface area contributed by atoms with Gasteiger partial charge in [-0.1, -0.05) is 24.3 Å². The summed E-state index contributed by atoms with van der Waals surface area (Å²) in [6.07, 6.45) is 0.942. The average molecular weight is 311 g/mol. The fourth-order valence-corrected chi connectivity index (χ4v) is 3.43. The van der Waals surface area contributed by atoms with Crippen LogP contribution in [0, 0.1) is 5.82 Å². The van der Waals surface area contributed by atoms with Gasteiger partial charge in [-0.05, 0) is 23.8 Å². The van der Waals surface area contributed by atoms with Crippen LogP contribution in [0.15, 0.2) is 42.5 Å². The van der Waals surface area contributed by atoms with Gasteiger partial charge in [0.2, 0.25) is 0 Å². The molecular formula is C18H16FN2O2+. The highest BCUT2D eigenvalue weighted by molar-refractivity contribution is 6.52. The fraction of sp³-hybridized carbons (Fsp3) is 0.222. The molecule has 116 valence electrons. The maximum atomic E-state index is 13.5. The molecule has 0 saturated heterocycles. The van der Waals surface area contributed by atoms with Crippen LogP contribution in [0.5, 0.6) is 0 Å². The minimum absolute atomic E-state index is 0.299. The largest absolute Gasteiger partial charge is 0.313 e. The molecule has 23 heavy (non-hydrogen) atoms. The zero-order valence-electron chi connectivity index (χ0n) is 12.5. The minimum atomic E-state index is -0.558. The first-order valence-electron chi connectivity index (χ1n) is 7.69. The summed E-state index contributed by atoms with van der Waals surface area (Å²) in [4.78, 5) is 26.9. The molecule has 0 spiro atoms. The molecule has 0 bridgehead atoms. The molecule has 0 saturated carbocycles. The number of halogens is 1. The zero-order chi connectivity index (χ0) is 16.0. The van der Waals surface area contributed by atoms with Gasteiger partial charge in [-0.2, -0.15) is 0 Å². The second-order valence-corrected chi connectivity index (χ2v) is 6.08. The van der Waals surface area contributed by atoms with Crippen molar-refractivity contribution >= 4 is 17.4 Å². The first kappa shape index (κ1) is 14.1. The number of hydrogen-bond acceptors (Lipinski definition) is 2. The molecule has 2 heterocycles. The van der Waals surface area contributed by atoms with Gasteiger partial charge in [0.25, 0.3) is 5.78 Å². The Hall–Kier alpha value is -2.53. The van der Waals surface area contributed by atoms with Gasteiger partial charge in [0, 0.05) is 12.0 Å². The predicted molar refractivity (Wildman–Crippen MR) is 82.8 cm³/mol. The monoisotopic (exact) mass is 311 g/mol. The van der Waals surface area contributed by atoms with E-state index in [9.17, 15) is 14.0 Å². The fourth-order valence-electron chi connectivity index (χ4n) is 3.43. The number of carbonyl (C=O) groups excluding carboxylic acids is 2. The number of hydrogen-bond donors (Lipinski definition) is 1. The Morgan fingerprint density at radius 2 is 1.87 bits per heavy atom. The summed E-state index contributed by atoms with van der Waals surface area (Å²) in [6, 6.07) is 12.2. The Balaban J connectivity index is 1.60. The van der Waals surface area contributed by atoms with E-state index in [4.69, 9.17) is 0 Å². The number of quaternary nitrogens is 1. The van der Waals surface area contributed by atoms with Crippen molar-refractivity contribution in [3.63, 3.8) is 0 Å². The summed E-state index contributed by atoms with van der Waals surface area (Å²) in [5, 5.41) is 0.